The zero-order chi connectivity index (χ0) is 12.1. The van der Waals surface area contributed by atoms with Crippen LogP contribution in [0.2, 0.25) is 5.02 Å². The Hall–Kier alpha value is -1.04. The second-order valence-corrected chi connectivity index (χ2v) is 4.89. The Morgan fingerprint density at radius 2 is 2.00 bits per heavy atom. The van der Waals surface area contributed by atoms with Crippen LogP contribution >= 0.6 is 23.4 Å². The van der Waals surface area contributed by atoms with Crippen LogP contribution in [0.3, 0.4) is 0 Å². The summed E-state index contributed by atoms with van der Waals surface area (Å²) in [7, 11) is 0. The van der Waals surface area contributed by atoms with E-state index >= 15 is 0 Å². The van der Waals surface area contributed by atoms with Crippen LogP contribution in [0.4, 0.5) is 0 Å². The Morgan fingerprint density at radius 1 is 1.24 bits per heavy atom. The Balaban J connectivity index is 2.04. The van der Waals surface area contributed by atoms with Crippen molar-refractivity contribution in [2.45, 2.75) is 5.75 Å². The molecule has 2 N–H and O–H groups in total. The minimum atomic E-state index is 0.519. The first kappa shape index (κ1) is 12.4. The van der Waals surface area contributed by atoms with Crippen LogP contribution in [0.1, 0.15) is 5.89 Å². The monoisotopic (exact) mass is 269 g/mol. The van der Waals surface area contributed by atoms with Gasteiger partial charge in [-0.2, -0.15) is 11.8 Å². The van der Waals surface area contributed by atoms with Gasteiger partial charge < -0.3 is 10.2 Å². The quantitative estimate of drug-likeness (QED) is 0.845. The average molecular weight is 270 g/mol. The second-order valence-electron chi connectivity index (χ2n) is 3.35. The number of halogens is 1. The zero-order valence-electron chi connectivity index (χ0n) is 9.10. The fourth-order valence-electron chi connectivity index (χ4n) is 1.26. The lowest BCUT2D eigenvalue weighted by atomic mass is 10.2. The number of rotatable bonds is 5. The highest BCUT2D eigenvalue weighted by Gasteiger charge is 2.07. The van der Waals surface area contributed by atoms with Crippen molar-refractivity contribution < 1.29 is 4.42 Å². The third-order valence-corrected chi connectivity index (χ3v) is 3.27. The first-order chi connectivity index (χ1) is 8.29. The molecule has 0 spiro atoms. The molecule has 6 heteroatoms. The number of nitrogens with zero attached hydrogens (tertiary/aromatic N) is 2. The van der Waals surface area contributed by atoms with E-state index in [1.165, 1.54) is 0 Å². The van der Waals surface area contributed by atoms with Crippen LogP contribution in [-0.2, 0) is 5.75 Å². The van der Waals surface area contributed by atoms with Crippen molar-refractivity contribution >= 4 is 23.4 Å². The van der Waals surface area contributed by atoms with Crippen molar-refractivity contribution in [2.75, 3.05) is 12.3 Å². The molecule has 4 nitrogen and oxygen atoms in total. The van der Waals surface area contributed by atoms with Gasteiger partial charge in [0.15, 0.2) is 0 Å². The molecule has 0 aliphatic rings. The molecule has 0 amide bonds. The summed E-state index contributed by atoms with van der Waals surface area (Å²) in [5.41, 5.74) is 6.28. The predicted octanol–water partition coefficient (Wildman–Crippen LogP) is 2.58. The number of aromatic nitrogens is 2. The molecule has 0 unspecified atom stereocenters. The Morgan fingerprint density at radius 3 is 2.71 bits per heavy atom. The number of hydrogen-bond donors (Lipinski definition) is 1. The molecular weight excluding hydrogens is 258 g/mol. The molecule has 0 saturated heterocycles. The van der Waals surface area contributed by atoms with Crippen molar-refractivity contribution in [3.8, 4) is 11.5 Å². The van der Waals surface area contributed by atoms with Gasteiger partial charge in [0.2, 0.25) is 11.8 Å². The number of nitrogens with two attached hydrogens (primary N) is 1. The summed E-state index contributed by atoms with van der Waals surface area (Å²) in [5.74, 6) is 2.72. The standard InChI is InChI=1S/C11H12ClN3OS/c12-9-3-1-8(2-4-9)11-15-14-10(16-11)7-17-6-5-13/h1-4H,5-7,13H2. The maximum absolute atomic E-state index is 5.81. The summed E-state index contributed by atoms with van der Waals surface area (Å²) >= 11 is 7.48. The van der Waals surface area contributed by atoms with Crippen LogP contribution in [0.15, 0.2) is 28.7 Å². The maximum Gasteiger partial charge on any atom is 0.247 e. The summed E-state index contributed by atoms with van der Waals surface area (Å²) in [6.45, 7) is 0.656. The van der Waals surface area contributed by atoms with Gasteiger partial charge in [-0.15, -0.1) is 10.2 Å². The molecule has 1 aromatic heterocycles. The highest BCUT2D eigenvalue weighted by molar-refractivity contribution is 7.98. The fourth-order valence-corrected chi connectivity index (χ4v) is 1.99. The van der Waals surface area contributed by atoms with E-state index < -0.39 is 0 Å². The minimum Gasteiger partial charge on any atom is -0.420 e. The first-order valence-corrected chi connectivity index (χ1v) is 6.69. The van der Waals surface area contributed by atoms with Crippen molar-refractivity contribution in [3.05, 3.63) is 35.2 Å². The van der Waals surface area contributed by atoms with Gasteiger partial charge in [-0.25, -0.2) is 0 Å². The van der Waals surface area contributed by atoms with E-state index in [2.05, 4.69) is 10.2 Å². The topological polar surface area (TPSA) is 64.9 Å². The van der Waals surface area contributed by atoms with Gasteiger partial charge >= 0.3 is 0 Å². The van der Waals surface area contributed by atoms with Gasteiger partial charge in [0.05, 0.1) is 5.75 Å². The lowest BCUT2D eigenvalue weighted by molar-refractivity contribution is 0.528. The second kappa shape index (κ2) is 6.05. The SMILES string of the molecule is NCCSCc1nnc(-c2ccc(Cl)cc2)o1. The van der Waals surface area contributed by atoms with Gasteiger partial charge in [0.1, 0.15) is 0 Å². The van der Waals surface area contributed by atoms with E-state index in [9.17, 15) is 0 Å². The van der Waals surface area contributed by atoms with E-state index in [1.54, 1.807) is 23.9 Å². The van der Waals surface area contributed by atoms with Crippen molar-refractivity contribution in [1.29, 1.82) is 0 Å². The number of thioether (sulfide) groups is 1. The number of benzene rings is 1. The predicted molar refractivity (Wildman–Crippen MR) is 70.0 cm³/mol. The molecule has 0 fully saturated rings. The van der Waals surface area contributed by atoms with Crippen LogP contribution in [0, 0.1) is 0 Å². The largest absolute Gasteiger partial charge is 0.420 e. The zero-order valence-corrected chi connectivity index (χ0v) is 10.7. The van der Waals surface area contributed by atoms with E-state index in [-0.39, 0.29) is 0 Å². The van der Waals surface area contributed by atoms with Gasteiger partial charge in [-0.05, 0) is 24.3 Å². The third kappa shape index (κ3) is 3.46. The van der Waals surface area contributed by atoms with Crippen molar-refractivity contribution in [1.82, 2.24) is 10.2 Å². The molecule has 0 aliphatic heterocycles. The Labute approximate surface area is 109 Å². The molecule has 17 heavy (non-hydrogen) atoms. The van der Waals surface area contributed by atoms with Crippen LogP contribution in [-0.4, -0.2) is 22.5 Å². The highest BCUT2D eigenvalue weighted by atomic mass is 35.5. The lowest BCUT2D eigenvalue weighted by Gasteiger charge is -1.95. The van der Waals surface area contributed by atoms with Gasteiger partial charge in [-0.1, -0.05) is 11.6 Å². The van der Waals surface area contributed by atoms with Gasteiger partial charge in [0, 0.05) is 22.9 Å². The summed E-state index contributed by atoms with van der Waals surface area (Å²) in [5, 5.41) is 8.65. The third-order valence-electron chi connectivity index (χ3n) is 2.05. The normalized spacial score (nSPS) is 10.7. The molecule has 2 aromatic rings. The molecule has 0 saturated carbocycles. The number of hydrogen-bond acceptors (Lipinski definition) is 5. The van der Waals surface area contributed by atoms with Crippen molar-refractivity contribution in [3.63, 3.8) is 0 Å². The first-order valence-electron chi connectivity index (χ1n) is 5.15. The van der Waals surface area contributed by atoms with Crippen molar-refractivity contribution in [2.24, 2.45) is 5.73 Å². The van der Waals surface area contributed by atoms with E-state index in [4.69, 9.17) is 21.8 Å². The fraction of sp³-hybridized carbons (Fsp3) is 0.273. The molecule has 90 valence electrons. The summed E-state index contributed by atoms with van der Waals surface area (Å²) in [4.78, 5) is 0. The Bertz CT molecular complexity index is 472. The molecule has 2 rings (SSSR count). The molecule has 1 aromatic carbocycles. The lowest BCUT2D eigenvalue weighted by Crippen LogP contribution is -2.01. The molecule has 0 radical (unpaired) electrons. The van der Waals surface area contributed by atoms with E-state index in [1.807, 2.05) is 12.1 Å². The van der Waals surface area contributed by atoms with E-state index in [0.717, 1.165) is 11.3 Å². The maximum atomic E-state index is 5.81. The molecule has 0 aliphatic carbocycles. The average Bonchev–Trinajstić information content (AvgIpc) is 2.79. The summed E-state index contributed by atoms with van der Waals surface area (Å²) in [6, 6.07) is 7.30. The minimum absolute atomic E-state index is 0.519. The van der Waals surface area contributed by atoms with Gasteiger partial charge in [0.25, 0.3) is 0 Å². The van der Waals surface area contributed by atoms with Crippen LogP contribution < -0.4 is 5.73 Å². The molecule has 1 heterocycles. The molecular formula is C11H12ClN3OS. The molecule has 0 bridgehead atoms. The Kier molecular flexibility index (Phi) is 4.42. The van der Waals surface area contributed by atoms with Crippen LogP contribution in [0.5, 0.6) is 0 Å². The van der Waals surface area contributed by atoms with Gasteiger partial charge in [-0.3, -0.25) is 0 Å². The summed E-state index contributed by atoms with van der Waals surface area (Å²) < 4.78 is 5.53. The van der Waals surface area contributed by atoms with Crippen LogP contribution in [0.25, 0.3) is 11.5 Å². The highest BCUT2D eigenvalue weighted by Crippen LogP contribution is 2.21. The smallest absolute Gasteiger partial charge is 0.247 e. The van der Waals surface area contributed by atoms with E-state index in [0.29, 0.717) is 29.1 Å². The molecule has 0 atom stereocenters. The summed E-state index contributed by atoms with van der Waals surface area (Å²) in [6.07, 6.45) is 0.